The van der Waals surface area contributed by atoms with Gasteiger partial charge in [0.05, 0.1) is 6.61 Å². The van der Waals surface area contributed by atoms with E-state index in [9.17, 15) is 4.39 Å². The Morgan fingerprint density at radius 1 is 1.29 bits per heavy atom. The van der Waals surface area contributed by atoms with Crippen LogP contribution in [0, 0.1) is 11.7 Å². The summed E-state index contributed by atoms with van der Waals surface area (Å²) in [4.78, 5) is 0. The number of nitrogens with two attached hydrogens (primary N) is 1. The Bertz CT molecular complexity index is 363. The van der Waals surface area contributed by atoms with Crippen molar-refractivity contribution in [2.45, 2.75) is 38.8 Å². The highest BCUT2D eigenvalue weighted by Gasteiger charge is 2.16. The van der Waals surface area contributed by atoms with Crippen LogP contribution >= 0.6 is 0 Å². The van der Waals surface area contributed by atoms with E-state index in [1.165, 1.54) is 19.3 Å². The highest BCUT2D eigenvalue weighted by Crippen LogP contribution is 2.29. The van der Waals surface area contributed by atoms with E-state index in [2.05, 4.69) is 0 Å². The van der Waals surface area contributed by atoms with Crippen molar-refractivity contribution in [3.63, 3.8) is 0 Å². The van der Waals surface area contributed by atoms with E-state index in [1.54, 1.807) is 12.1 Å². The molecule has 1 fully saturated rings. The van der Waals surface area contributed by atoms with Crippen LogP contribution in [0.15, 0.2) is 18.2 Å². The second-order valence-corrected chi connectivity index (χ2v) is 4.73. The molecule has 94 valence electrons. The number of ether oxygens (including phenoxy) is 1. The SMILES string of the molecule is NCc1cccc(COCCC2CCC2)c1F. The summed E-state index contributed by atoms with van der Waals surface area (Å²) in [5, 5.41) is 0. The molecule has 0 saturated heterocycles. The fraction of sp³-hybridized carbons (Fsp3) is 0.571. The first-order chi connectivity index (χ1) is 8.31. The lowest BCUT2D eigenvalue weighted by Crippen LogP contribution is -2.13. The molecule has 0 atom stereocenters. The van der Waals surface area contributed by atoms with Crippen LogP contribution in [0.25, 0.3) is 0 Å². The summed E-state index contributed by atoms with van der Waals surface area (Å²) in [7, 11) is 0. The van der Waals surface area contributed by atoms with Gasteiger partial charge in [-0.3, -0.25) is 0 Å². The molecule has 1 saturated carbocycles. The molecule has 1 aromatic carbocycles. The molecule has 17 heavy (non-hydrogen) atoms. The molecule has 0 aliphatic heterocycles. The van der Waals surface area contributed by atoms with Gasteiger partial charge in [-0.1, -0.05) is 37.5 Å². The topological polar surface area (TPSA) is 35.2 Å². The molecule has 0 spiro atoms. The molecule has 0 unspecified atom stereocenters. The first kappa shape index (κ1) is 12.5. The molecule has 1 aliphatic carbocycles. The molecule has 2 nitrogen and oxygen atoms in total. The van der Waals surface area contributed by atoms with Crippen LogP contribution in [0.2, 0.25) is 0 Å². The number of benzene rings is 1. The van der Waals surface area contributed by atoms with Gasteiger partial charge in [0.25, 0.3) is 0 Å². The second-order valence-electron chi connectivity index (χ2n) is 4.73. The van der Waals surface area contributed by atoms with Crippen molar-refractivity contribution in [3.8, 4) is 0 Å². The summed E-state index contributed by atoms with van der Waals surface area (Å²) in [5.41, 5.74) is 6.63. The molecular weight excluding hydrogens is 217 g/mol. The van der Waals surface area contributed by atoms with Gasteiger partial charge in [-0.15, -0.1) is 0 Å². The number of hydrogen-bond acceptors (Lipinski definition) is 2. The van der Waals surface area contributed by atoms with Gasteiger partial charge in [0.15, 0.2) is 0 Å². The summed E-state index contributed by atoms with van der Waals surface area (Å²) in [6.07, 6.45) is 5.14. The molecule has 3 heteroatoms. The van der Waals surface area contributed by atoms with Crippen LogP contribution in [-0.4, -0.2) is 6.61 Å². The Labute approximate surface area is 102 Å². The normalized spacial score (nSPS) is 15.9. The van der Waals surface area contributed by atoms with Crippen molar-refractivity contribution < 1.29 is 9.13 Å². The third-order valence-corrected chi connectivity index (χ3v) is 3.53. The maximum atomic E-state index is 13.8. The summed E-state index contributed by atoms with van der Waals surface area (Å²) >= 11 is 0. The van der Waals surface area contributed by atoms with Gasteiger partial charge in [0.2, 0.25) is 0 Å². The van der Waals surface area contributed by atoms with E-state index in [-0.39, 0.29) is 12.4 Å². The molecule has 0 bridgehead atoms. The van der Waals surface area contributed by atoms with Crippen molar-refractivity contribution >= 4 is 0 Å². The summed E-state index contributed by atoms with van der Waals surface area (Å²) < 4.78 is 19.3. The van der Waals surface area contributed by atoms with Crippen LogP contribution in [-0.2, 0) is 17.9 Å². The number of hydrogen-bond donors (Lipinski definition) is 1. The lowest BCUT2D eigenvalue weighted by molar-refractivity contribution is 0.0931. The van der Waals surface area contributed by atoms with Crippen LogP contribution in [0.3, 0.4) is 0 Å². The highest BCUT2D eigenvalue weighted by molar-refractivity contribution is 5.25. The Morgan fingerprint density at radius 3 is 2.71 bits per heavy atom. The molecule has 0 amide bonds. The summed E-state index contributed by atoms with van der Waals surface area (Å²) in [5.74, 6) is 0.633. The molecule has 2 rings (SSSR count). The van der Waals surface area contributed by atoms with Crippen molar-refractivity contribution in [1.82, 2.24) is 0 Å². The molecule has 1 aromatic rings. The van der Waals surface area contributed by atoms with Crippen molar-refractivity contribution in [2.24, 2.45) is 11.7 Å². The van der Waals surface area contributed by atoms with Gasteiger partial charge < -0.3 is 10.5 Å². The Kier molecular flexibility index (Phi) is 4.51. The van der Waals surface area contributed by atoms with Crippen LogP contribution in [0.5, 0.6) is 0 Å². The quantitative estimate of drug-likeness (QED) is 0.772. The lowest BCUT2D eigenvalue weighted by Gasteiger charge is -2.24. The average molecular weight is 237 g/mol. The second kappa shape index (κ2) is 6.12. The lowest BCUT2D eigenvalue weighted by atomic mass is 9.83. The minimum Gasteiger partial charge on any atom is -0.377 e. The van der Waals surface area contributed by atoms with Gasteiger partial charge in [-0.05, 0) is 12.3 Å². The first-order valence-electron chi connectivity index (χ1n) is 6.35. The largest absolute Gasteiger partial charge is 0.377 e. The third kappa shape index (κ3) is 3.27. The minimum atomic E-state index is -0.210. The zero-order valence-electron chi connectivity index (χ0n) is 10.1. The maximum absolute atomic E-state index is 13.8. The highest BCUT2D eigenvalue weighted by atomic mass is 19.1. The summed E-state index contributed by atoms with van der Waals surface area (Å²) in [6, 6.07) is 5.31. The predicted octanol–water partition coefficient (Wildman–Crippen LogP) is 2.99. The molecule has 0 radical (unpaired) electrons. The van der Waals surface area contributed by atoms with Gasteiger partial charge in [0.1, 0.15) is 5.82 Å². The van der Waals surface area contributed by atoms with E-state index in [0.29, 0.717) is 17.7 Å². The zero-order chi connectivity index (χ0) is 12.1. The Balaban J connectivity index is 1.77. The van der Waals surface area contributed by atoms with Gasteiger partial charge in [-0.25, -0.2) is 4.39 Å². The smallest absolute Gasteiger partial charge is 0.133 e. The van der Waals surface area contributed by atoms with E-state index in [0.717, 1.165) is 18.9 Å². The number of halogens is 1. The van der Waals surface area contributed by atoms with Crippen molar-refractivity contribution in [1.29, 1.82) is 0 Å². The van der Waals surface area contributed by atoms with Crippen molar-refractivity contribution in [2.75, 3.05) is 6.61 Å². The fourth-order valence-corrected chi connectivity index (χ4v) is 2.12. The van der Waals surface area contributed by atoms with E-state index in [4.69, 9.17) is 10.5 Å². The Hall–Kier alpha value is -0.930. The van der Waals surface area contributed by atoms with Crippen LogP contribution in [0.4, 0.5) is 4.39 Å². The van der Waals surface area contributed by atoms with E-state index >= 15 is 0 Å². The molecule has 2 N–H and O–H groups in total. The third-order valence-electron chi connectivity index (χ3n) is 3.53. The van der Waals surface area contributed by atoms with Crippen molar-refractivity contribution in [3.05, 3.63) is 35.1 Å². The average Bonchev–Trinajstić information content (AvgIpc) is 2.28. The fourth-order valence-electron chi connectivity index (χ4n) is 2.12. The molecule has 0 heterocycles. The molecular formula is C14H20FNO. The molecule has 1 aliphatic rings. The maximum Gasteiger partial charge on any atom is 0.133 e. The molecule has 0 aromatic heterocycles. The van der Waals surface area contributed by atoms with Gasteiger partial charge in [-0.2, -0.15) is 0 Å². The monoisotopic (exact) mass is 237 g/mol. The van der Waals surface area contributed by atoms with Crippen LogP contribution < -0.4 is 5.73 Å². The first-order valence-corrected chi connectivity index (χ1v) is 6.35. The predicted molar refractivity (Wildman–Crippen MR) is 65.9 cm³/mol. The Morgan fingerprint density at radius 2 is 2.06 bits per heavy atom. The standard InChI is InChI=1S/C14H20FNO/c15-14-12(9-16)5-2-6-13(14)10-17-8-7-11-3-1-4-11/h2,5-6,11H,1,3-4,7-10,16H2. The van der Waals surface area contributed by atoms with E-state index < -0.39 is 0 Å². The minimum absolute atomic E-state index is 0.210. The zero-order valence-corrected chi connectivity index (χ0v) is 10.1. The number of rotatable bonds is 6. The van der Waals surface area contributed by atoms with Gasteiger partial charge in [0, 0.05) is 24.3 Å². The van der Waals surface area contributed by atoms with E-state index in [1.807, 2.05) is 6.07 Å². The summed E-state index contributed by atoms with van der Waals surface area (Å²) in [6.45, 7) is 1.32. The van der Waals surface area contributed by atoms with Crippen LogP contribution in [0.1, 0.15) is 36.8 Å². The van der Waals surface area contributed by atoms with Gasteiger partial charge >= 0.3 is 0 Å².